The van der Waals surface area contributed by atoms with Crippen LogP contribution in [0.5, 0.6) is 0 Å². The lowest BCUT2D eigenvalue weighted by Crippen LogP contribution is -2.51. The Kier molecular flexibility index (Phi) is 7.70. The predicted molar refractivity (Wildman–Crippen MR) is 142 cm³/mol. The van der Waals surface area contributed by atoms with Gasteiger partial charge >= 0.3 is 0 Å². The molecule has 1 saturated heterocycles. The number of halogens is 2. The topological polar surface area (TPSA) is 52.6 Å². The summed E-state index contributed by atoms with van der Waals surface area (Å²) in [5.74, 6) is 0.108. The molecule has 0 bridgehead atoms. The number of piperazine rings is 1. The van der Waals surface area contributed by atoms with E-state index in [1.807, 2.05) is 51.1 Å². The first-order valence-corrected chi connectivity index (χ1v) is 13.0. The second-order valence-corrected chi connectivity index (χ2v) is 9.69. The van der Waals surface area contributed by atoms with E-state index in [9.17, 15) is 13.6 Å². The average molecular weight is 520 g/mol. The maximum absolute atomic E-state index is 14.2. The van der Waals surface area contributed by atoms with Gasteiger partial charge in [0, 0.05) is 50.7 Å². The fourth-order valence-electron chi connectivity index (χ4n) is 4.39. The van der Waals surface area contributed by atoms with Crippen molar-refractivity contribution in [1.82, 2.24) is 14.3 Å². The van der Waals surface area contributed by atoms with Crippen molar-refractivity contribution in [1.29, 1.82) is 0 Å². The van der Waals surface area contributed by atoms with Gasteiger partial charge in [-0.3, -0.25) is 4.79 Å². The van der Waals surface area contributed by atoms with Crippen molar-refractivity contribution in [2.24, 2.45) is 0 Å². The molecule has 0 atom stereocenters. The highest BCUT2D eigenvalue weighted by molar-refractivity contribution is 7.09. The Balaban J connectivity index is 1.27. The lowest BCUT2D eigenvalue weighted by molar-refractivity contribution is -0.130. The summed E-state index contributed by atoms with van der Waals surface area (Å²) in [6.07, 6.45) is 0.488. The first-order valence-electron chi connectivity index (χ1n) is 12.2. The molecule has 6 nitrogen and oxygen atoms in total. The van der Waals surface area contributed by atoms with E-state index >= 15 is 0 Å². The summed E-state index contributed by atoms with van der Waals surface area (Å²) in [5.41, 5.74) is 2.56. The van der Waals surface area contributed by atoms with Gasteiger partial charge < -0.3 is 14.7 Å². The largest absolute Gasteiger partial charge is 0.366 e. The minimum atomic E-state index is -0.280. The molecule has 1 amide bonds. The Morgan fingerprint density at radius 1 is 0.865 bits per heavy atom. The van der Waals surface area contributed by atoms with Crippen molar-refractivity contribution in [2.75, 3.05) is 42.5 Å². The Hall–Kier alpha value is -3.85. The molecule has 0 saturated carbocycles. The Bertz CT molecular complexity index is 1320. The van der Waals surface area contributed by atoms with Gasteiger partial charge in [0.25, 0.3) is 0 Å². The second kappa shape index (κ2) is 11.5. The van der Waals surface area contributed by atoms with Gasteiger partial charge in [-0.2, -0.15) is 4.37 Å². The molecule has 190 valence electrons. The highest BCUT2D eigenvalue weighted by Crippen LogP contribution is 2.23. The van der Waals surface area contributed by atoms with Gasteiger partial charge in [-0.25, -0.2) is 13.8 Å². The standard InChI is InChI=1S/C28H27F2N5OS/c29-23-12-10-21(11-13-23)18-26-31-28(37-32-26)35(19-22-6-2-1-3-7-22)20-27(36)34-16-14-33(15-17-34)25-9-5-4-8-24(25)30/h1-13H,14-20H2. The molecule has 0 radical (unpaired) electrons. The Labute approximate surface area is 219 Å². The smallest absolute Gasteiger partial charge is 0.242 e. The van der Waals surface area contributed by atoms with Gasteiger partial charge in [-0.1, -0.05) is 54.6 Å². The molecule has 2 heterocycles. The van der Waals surface area contributed by atoms with Crippen LogP contribution in [0.15, 0.2) is 78.9 Å². The van der Waals surface area contributed by atoms with Crippen LogP contribution in [0.25, 0.3) is 0 Å². The highest BCUT2D eigenvalue weighted by atomic mass is 32.1. The van der Waals surface area contributed by atoms with E-state index < -0.39 is 0 Å². The zero-order valence-corrected chi connectivity index (χ0v) is 21.1. The lowest BCUT2D eigenvalue weighted by Gasteiger charge is -2.37. The van der Waals surface area contributed by atoms with Crippen LogP contribution < -0.4 is 9.80 Å². The SMILES string of the molecule is O=C(CN(Cc1ccccc1)c1nc(Cc2ccc(F)cc2)ns1)N1CCN(c2ccccc2F)CC1. The molecule has 37 heavy (non-hydrogen) atoms. The maximum atomic E-state index is 14.2. The van der Waals surface area contributed by atoms with Gasteiger partial charge in [-0.15, -0.1) is 0 Å². The van der Waals surface area contributed by atoms with E-state index in [2.05, 4.69) is 4.37 Å². The summed E-state index contributed by atoms with van der Waals surface area (Å²) in [7, 11) is 0. The molecular formula is C28H27F2N5OS. The number of hydrogen-bond donors (Lipinski definition) is 0. The number of carbonyl (C=O) groups excluding carboxylic acids is 1. The van der Waals surface area contributed by atoms with Crippen molar-refractivity contribution < 1.29 is 13.6 Å². The zero-order chi connectivity index (χ0) is 25.6. The third kappa shape index (κ3) is 6.29. The quantitative estimate of drug-likeness (QED) is 0.336. The number of para-hydroxylation sites is 1. The summed E-state index contributed by atoms with van der Waals surface area (Å²) in [4.78, 5) is 23.8. The zero-order valence-electron chi connectivity index (χ0n) is 20.3. The van der Waals surface area contributed by atoms with Gasteiger partial charge in [0.05, 0.1) is 12.2 Å². The third-order valence-corrected chi connectivity index (χ3v) is 7.19. The number of hydrogen-bond acceptors (Lipinski definition) is 6. The van der Waals surface area contributed by atoms with Gasteiger partial charge in [0.2, 0.25) is 11.0 Å². The van der Waals surface area contributed by atoms with E-state index in [1.165, 1.54) is 29.7 Å². The first-order chi connectivity index (χ1) is 18.0. The average Bonchev–Trinajstić information content (AvgIpc) is 3.39. The van der Waals surface area contributed by atoms with E-state index in [-0.39, 0.29) is 24.1 Å². The van der Waals surface area contributed by atoms with Crippen LogP contribution >= 0.6 is 11.5 Å². The maximum Gasteiger partial charge on any atom is 0.242 e. The normalized spacial score (nSPS) is 13.6. The minimum Gasteiger partial charge on any atom is -0.366 e. The molecule has 0 unspecified atom stereocenters. The van der Waals surface area contributed by atoms with Crippen LogP contribution in [0, 0.1) is 11.6 Å². The number of anilines is 2. The number of carbonyl (C=O) groups is 1. The van der Waals surface area contributed by atoms with Crippen molar-refractivity contribution in [3.8, 4) is 0 Å². The van der Waals surface area contributed by atoms with Gasteiger partial charge in [0.15, 0.2) is 0 Å². The second-order valence-electron chi connectivity index (χ2n) is 8.96. The van der Waals surface area contributed by atoms with Crippen LogP contribution in [0.3, 0.4) is 0 Å². The molecule has 1 fully saturated rings. The molecule has 1 aromatic heterocycles. The Morgan fingerprint density at radius 3 is 2.30 bits per heavy atom. The minimum absolute atomic E-state index is 0.000556. The molecule has 0 aliphatic carbocycles. The molecule has 3 aromatic carbocycles. The van der Waals surface area contributed by atoms with Crippen LogP contribution in [-0.4, -0.2) is 52.9 Å². The number of nitrogens with zero attached hydrogens (tertiary/aromatic N) is 5. The van der Waals surface area contributed by atoms with E-state index in [4.69, 9.17) is 4.98 Å². The number of rotatable bonds is 8. The monoisotopic (exact) mass is 519 g/mol. The van der Waals surface area contributed by atoms with Gasteiger partial charge in [-0.05, 0) is 35.4 Å². The molecule has 1 aliphatic heterocycles. The molecule has 9 heteroatoms. The summed E-state index contributed by atoms with van der Waals surface area (Å²) in [6, 6.07) is 23.0. The molecule has 4 aromatic rings. The van der Waals surface area contributed by atoms with E-state index in [0.29, 0.717) is 55.8 Å². The van der Waals surface area contributed by atoms with Crippen molar-refractivity contribution >= 4 is 28.3 Å². The molecule has 0 spiro atoms. The Morgan fingerprint density at radius 2 is 1.57 bits per heavy atom. The number of benzene rings is 3. The van der Waals surface area contributed by atoms with Crippen molar-refractivity contribution in [2.45, 2.75) is 13.0 Å². The fraction of sp³-hybridized carbons (Fsp3) is 0.250. The highest BCUT2D eigenvalue weighted by Gasteiger charge is 2.25. The summed E-state index contributed by atoms with van der Waals surface area (Å²) < 4.78 is 31.9. The molecular weight excluding hydrogens is 492 g/mol. The van der Waals surface area contributed by atoms with E-state index in [1.54, 1.807) is 24.3 Å². The summed E-state index contributed by atoms with van der Waals surface area (Å²) in [5, 5.41) is 0.666. The van der Waals surface area contributed by atoms with Crippen LogP contribution in [0.4, 0.5) is 19.6 Å². The molecule has 1 aliphatic rings. The first kappa shape index (κ1) is 24.8. The number of aromatic nitrogens is 2. The van der Waals surface area contributed by atoms with E-state index in [0.717, 1.165) is 11.1 Å². The fourth-order valence-corrected chi connectivity index (χ4v) is 5.08. The number of amides is 1. The summed E-state index contributed by atoms with van der Waals surface area (Å²) in [6.45, 7) is 2.89. The van der Waals surface area contributed by atoms with Crippen LogP contribution in [-0.2, 0) is 17.8 Å². The van der Waals surface area contributed by atoms with Crippen molar-refractivity contribution in [3.63, 3.8) is 0 Å². The molecule has 0 N–H and O–H groups in total. The third-order valence-electron chi connectivity index (χ3n) is 6.37. The van der Waals surface area contributed by atoms with Crippen LogP contribution in [0.2, 0.25) is 0 Å². The molecule has 5 rings (SSSR count). The van der Waals surface area contributed by atoms with Gasteiger partial charge in [0.1, 0.15) is 17.5 Å². The summed E-state index contributed by atoms with van der Waals surface area (Å²) >= 11 is 1.26. The predicted octanol–water partition coefficient (Wildman–Crippen LogP) is 4.76. The lowest BCUT2D eigenvalue weighted by atomic mass is 10.1. The van der Waals surface area contributed by atoms with Crippen molar-refractivity contribution in [3.05, 3.63) is 107 Å². The van der Waals surface area contributed by atoms with Crippen LogP contribution in [0.1, 0.15) is 17.0 Å².